The van der Waals surface area contributed by atoms with E-state index >= 15 is 0 Å². The number of carboxylic acids is 1. The summed E-state index contributed by atoms with van der Waals surface area (Å²) in [5, 5.41) is 11.8. The van der Waals surface area contributed by atoms with Crippen LogP contribution in [0.25, 0.3) is 0 Å². The highest BCUT2D eigenvalue weighted by atomic mass is 16.4. The van der Waals surface area contributed by atoms with E-state index in [-0.39, 0.29) is 17.7 Å². The van der Waals surface area contributed by atoms with Crippen LogP contribution >= 0.6 is 0 Å². The molecule has 4 heteroatoms. The van der Waals surface area contributed by atoms with Crippen molar-refractivity contribution in [3.05, 3.63) is 0 Å². The number of nitrogens with one attached hydrogen (secondary N) is 1. The van der Waals surface area contributed by atoms with E-state index in [2.05, 4.69) is 5.32 Å². The number of amides is 1. The maximum atomic E-state index is 11.9. The van der Waals surface area contributed by atoms with Gasteiger partial charge in [-0.2, -0.15) is 0 Å². The number of hydrogen-bond acceptors (Lipinski definition) is 2. The van der Waals surface area contributed by atoms with Crippen molar-refractivity contribution in [2.75, 3.05) is 0 Å². The van der Waals surface area contributed by atoms with Crippen LogP contribution in [0, 0.1) is 23.7 Å². The zero-order chi connectivity index (χ0) is 11.3. The van der Waals surface area contributed by atoms with Crippen molar-refractivity contribution in [1.82, 2.24) is 5.32 Å². The van der Waals surface area contributed by atoms with E-state index in [1.165, 1.54) is 6.42 Å². The number of carboxylic acid groups (broad SMARTS) is 1. The summed E-state index contributed by atoms with van der Waals surface area (Å²) in [6.45, 7) is 0. The van der Waals surface area contributed by atoms with Gasteiger partial charge in [-0.05, 0) is 43.4 Å². The van der Waals surface area contributed by atoms with Gasteiger partial charge >= 0.3 is 5.97 Å². The quantitative estimate of drug-likeness (QED) is 0.747. The molecular weight excluding hydrogens is 206 g/mol. The van der Waals surface area contributed by atoms with Crippen LogP contribution in [0.3, 0.4) is 0 Å². The Hall–Kier alpha value is -1.06. The first kappa shape index (κ1) is 10.1. The Morgan fingerprint density at radius 3 is 2.25 bits per heavy atom. The van der Waals surface area contributed by atoms with Crippen LogP contribution in [0.15, 0.2) is 0 Å². The summed E-state index contributed by atoms with van der Waals surface area (Å²) in [5.41, 5.74) is 0. The zero-order valence-corrected chi connectivity index (χ0v) is 9.19. The molecule has 4 nitrogen and oxygen atoms in total. The van der Waals surface area contributed by atoms with E-state index in [0.29, 0.717) is 11.8 Å². The van der Waals surface area contributed by atoms with E-state index in [4.69, 9.17) is 5.11 Å². The first-order chi connectivity index (χ1) is 7.68. The molecular formula is C12H17NO3. The van der Waals surface area contributed by atoms with Crippen LogP contribution in [0.4, 0.5) is 0 Å². The van der Waals surface area contributed by atoms with Crippen molar-refractivity contribution < 1.29 is 14.7 Å². The molecule has 0 saturated heterocycles. The van der Waals surface area contributed by atoms with Gasteiger partial charge < -0.3 is 10.4 Å². The Morgan fingerprint density at radius 1 is 1.12 bits per heavy atom. The SMILES string of the molecule is O=C(O)C(NC(=O)C1C2CCCC21)C1CC1. The van der Waals surface area contributed by atoms with Gasteiger partial charge in [-0.15, -0.1) is 0 Å². The van der Waals surface area contributed by atoms with Crippen molar-refractivity contribution in [2.45, 2.75) is 38.1 Å². The fraction of sp³-hybridized carbons (Fsp3) is 0.833. The lowest BCUT2D eigenvalue weighted by Crippen LogP contribution is -2.43. The lowest BCUT2D eigenvalue weighted by molar-refractivity contribution is -0.142. The van der Waals surface area contributed by atoms with Gasteiger partial charge in [-0.1, -0.05) is 6.42 Å². The first-order valence-electron chi connectivity index (χ1n) is 6.21. The van der Waals surface area contributed by atoms with Gasteiger partial charge in [0.05, 0.1) is 0 Å². The van der Waals surface area contributed by atoms with Crippen LogP contribution in [0.1, 0.15) is 32.1 Å². The van der Waals surface area contributed by atoms with E-state index < -0.39 is 12.0 Å². The molecule has 3 atom stereocenters. The molecule has 3 aliphatic carbocycles. The topological polar surface area (TPSA) is 66.4 Å². The van der Waals surface area contributed by atoms with Crippen LogP contribution in [-0.2, 0) is 9.59 Å². The second-order valence-electron chi connectivity index (χ2n) is 5.45. The fourth-order valence-electron chi connectivity index (χ4n) is 3.27. The minimum Gasteiger partial charge on any atom is -0.480 e. The van der Waals surface area contributed by atoms with E-state index in [9.17, 15) is 9.59 Å². The monoisotopic (exact) mass is 223 g/mol. The second-order valence-corrected chi connectivity index (χ2v) is 5.45. The van der Waals surface area contributed by atoms with Crippen LogP contribution in [0.2, 0.25) is 0 Å². The molecule has 0 spiro atoms. The average molecular weight is 223 g/mol. The Balaban J connectivity index is 1.57. The predicted molar refractivity (Wildman–Crippen MR) is 56.6 cm³/mol. The third-order valence-corrected chi connectivity index (χ3v) is 4.37. The van der Waals surface area contributed by atoms with E-state index in [0.717, 1.165) is 25.7 Å². The third-order valence-electron chi connectivity index (χ3n) is 4.37. The summed E-state index contributed by atoms with van der Waals surface area (Å²) in [6, 6.07) is -0.631. The Labute approximate surface area is 94.4 Å². The molecule has 3 unspecified atom stereocenters. The van der Waals surface area contributed by atoms with Crippen LogP contribution in [0.5, 0.6) is 0 Å². The summed E-state index contributed by atoms with van der Waals surface area (Å²) in [5.74, 6) is 0.562. The molecule has 3 saturated carbocycles. The molecule has 1 amide bonds. The molecule has 0 radical (unpaired) electrons. The van der Waals surface area contributed by atoms with E-state index in [1.807, 2.05) is 0 Å². The summed E-state index contributed by atoms with van der Waals surface area (Å²) in [4.78, 5) is 22.9. The molecule has 3 aliphatic rings. The van der Waals surface area contributed by atoms with Crippen molar-refractivity contribution in [2.24, 2.45) is 23.7 Å². The molecule has 3 rings (SSSR count). The van der Waals surface area contributed by atoms with Gasteiger partial charge in [0.25, 0.3) is 0 Å². The van der Waals surface area contributed by atoms with Gasteiger partial charge in [0.1, 0.15) is 6.04 Å². The molecule has 0 heterocycles. The minimum atomic E-state index is -0.873. The summed E-state index contributed by atoms with van der Waals surface area (Å²) in [7, 11) is 0. The number of hydrogen-bond donors (Lipinski definition) is 2. The molecule has 0 aromatic rings. The Bertz CT molecular complexity index is 327. The third kappa shape index (κ3) is 1.60. The molecule has 3 fully saturated rings. The lowest BCUT2D eigenvalue weighted by Gasteiger charge is -2.14. The van der Waals surface area contributed by atoms with Gasteiger partial charge in [0, 0.05) is 5.92 Å². The highest BCUT2D eigenvalue weighted by molar-refractivity contribution is 5.87. The summed E-state index contributed by atoms with van der Waals surface area (Å²) >= 11 is 0. The predicted octanol–water partition coefficient (Wildman–Crippen LogP) is 1.01. The van der Waals surface area contributed by atoms with Crippen molar-refractivity contribution >= 4 is 11.9 Å². The summed E-state index contributed by atoms with van der Waals surface area (Å²) in [6.07, 6.45) is 5.43. The van der Waals surface area contributed by atoms with Gasteiger partial charge in [0.15, 0.2) is 0 Å². The van der Waals surface area contributed by atoms with Crippen molar-refractivity contribution in [1.29, 1.82) is 0 Å². The van der Waals surface area contributed by atoms with Gasteiger partial charge in [0.2, 0.25) is 5.91 Å². The molecule has 0 aliphatic heterocycles. The highest BCUT2D eigenvalue weighted by Crippen LogP contribution is 2.57. The Kier molecular flexibility index (Phi) is 2.19. The summed E-state index contributed by atoms with van der Waals surface area (Å²) < 4.78 is 0. The zero-order valence-electron chi connectivity index (χ0n) is 9.19. The molecule has 88 valence electrons. The second kappa shape index (κ2) is 3.47. The Morgan fingerprint density at radius 2 is 1.75 bits per heavy atom. The fourth-order valence-corrected chi connectivity index (χ4v) is 3.27. The van der Waals surface area contributed by atoms with Crippen molar-refractivity contribution in [3.63, 3.8) is 0 Å². The molecule has 0 bridgehead atoms. The lowest BCUT2D eigenvalue weighted by atomic mass is 10.1. The maximum absolute atomic E-state index is 11.9. The molecule has 0 aromatic carbocycles. The number of fused-ring (bicyclic) bond motifs is 1. The average Bonchev–Trinajstić information content (AvgIpc) is 3.14. The van der Waals surface area contributed by atoms with Gasteiger partial charge in [-0.25, -0.2) is 4.79 Å². The smallest absolute Gasteiger partial charge is 0.326 e. The van der Waals surface area contributed by atoms with Crippen LogP contribution in [-0.4, -0.2) is 23.0 Å². The molecule has 2 N–H and O–H groups in total. The molecule has 0 aromatic heterocycles. The van der Waals surface area contributed by atoms with Crippen LogP contribution < -0.4 is 5.32 Å². The highest BCUT2D eigenvalue weighted by Gasteiger charge is 2.57. The molecule has 16 heavy (non-hydrogen) atoms. The number of carbonyl (C=O) groups excluding carboxylic acids is 1. The van der Waals surface area contributed by atoms with E-state index in [1.54, 1.807) is 0 Å². The first-order valence-corrected chi connectivity index (χ1v) is 6.21. The van der Waals surface area contributed by atoms with Crippen molar-refractivity contribution in [3.8, 4) is 0 Å². The number of aliphatic carboxylic acids is 1. The largest absolute Gasteiger partial charge is 0.480 e. The number of carbonyl (C=O) groups is 2. The standard InChI is InChI=1S/C12H17NO3/c14-11(9-7-2-1-3-8(7)9)13-10(12(15)16)6-4-5-6/h6-10H,1-5H2,(H,13,14)(H,15,16). The van der Waals surface area contributed by atoms with Gasteiger partial charge in [-0.3, -0.25) is 4.79 Å². The normalized spacial score (nSPS) is 37.6. The maximum Gasteiger partial charge on any atom is 0.326 e. The minimum absolute atomic E-state index is 0.00556. The number of rotatable bonds is 4.